The minimum absolute atomic E-state index is 0.142. The molecule has 26 heavy (non-hydrogen) atoms. The topological polar surface area (TPSA) is 103 Å². The molecule has 0 spiro atoms. The van der Waals surface area contributed by atoms with E-state index in [9.17, 15) is 9.59 Å². The summed E-state index contributed by atoms with van der Waals surface area (Å²) in [4.78, 5) is 22.4. The van der Waals surface area contributed by atoms with Crippen LogP contribution in [0.5, 0.6) is 0 Å². The Hall–Kier alpha value is -2.32. The van der Waals surface area contributed by atoms with E-state index in [4.69, 9.17) is 15.0 Å². The van der Waals surface area contributed by atoms with Gasteiger partial charge in [0.15, 0.2) is 0 Å². The van der Waals surface area contributed by atoms with E-state index < -0.39 is 24.4 Å². The van der Waals surface area contributed by atoms with Crippen molar-refractivity contribution in [3.63, 3.8) is 0 Å². The highest BCUT2D eigenvalue weighted by molar-refractivity contribution is 6.56. The summed E-state index contributed by atoms with van der Waals surface area (Å²) in [7, 11) is -0.584. The van der Waals surface area contributed by atoms with Gasteiger partial charge in [0, 0.05) is 19.2 Å². The molecule has 3 amide bonds. The molecule has 2 rings (SSSR count). The molecule has 1 aliphatic rings. The molecule has 1 aliphatic heterocycles. The maximum atomic E-state index is 11.4. The lowest BCUT2D eigenvalue weighted by atomic mass is 9.77. The lowest BCUT2D eigenvalue weighted by Crippen LogP contribution is -2.41. The van der Waals surface area contributed by atoms with Crippen LogP contribution in [0, 0.1) is 0 Å². The number of carbonyl (C=O) groups is 2. The van der Waals surface area contributed by atoms with E-state index in [1.807, 2.05) is 39.8 Å². The molecule has 0 unspecified atom stereocenters. The van der Waals surface area contributed by atoms with Crippen LogP contribution < -0.4 is 16.4 Å². The molecule has 0 radical (unpaired) electrons. The van der Waals surface area contributed by atoms with Gasteiger partial charge < -0.3 is 25.7 Å². The summed E-state index contributed by atoms with van der Waals surface area (Å²) in [5.41, 5.74) is 6.38. The fourth-order valence-corrected chi connectivity index (χ4v) is 2.49. The van der Waals surface area contributed by atoms with Crippen LogP contribution in [-0.4, -0.2) is 36.8 Å². The van der Waals surface area contributed by atoms with Crippen LogP contribution in [0.15, 0.2) is 29.7 Å². The Balaban J connectivity index is 2.31. The van der Waals surface area contributed by atoms with Gasteiger partial charge in [-0.25, -0.2) is 4.79 Å². The van der Waals surface area contributed by atoms with Crippen molar-refractivity contribution in [3.8, 4) is 0 Å². The minimum Gasteiger partial charge on any atom is -0.400 e. The van der Waals surface area contributed by atoms with Crippen LogP contribution in [0.3, 0.4) is 0 Å². The molecule has 1 heterocycles. The van der Waals surface area contributed by atoms with Crippen LogP contribution in [0.4, 0.5) is 10.5 Å². The van der Waals surface area contributed by atoms with Crippen molar-refractivity contribution in [2.75, 3.05) is 11.9 Å². The maximum absolute atomic E-state index is 11.4. The van der Waals surface area contributed by atoms with Crippen LogP contribution in [0.2, 0.25) is 0 Å². The first-order valence-electron chi connectivity index (χ1n) is 8.47. The Morgan fingerprint density at radius 1 is 1.19 bits per heavy atom. The van der Waals surface area contributed by atoms with Gasteiger partial charge in [0.25, 0.3) is 0 Å². The molecule has 0 saturated carbocycles. The zero-order valence-electron chi connectivity index (χ0n) is 15.9. The smallest absolute Gasteiger partial charge is 0.400 e. The predicted octanol–water partition coefficient (Wildman–Crippen LogP) is 2.33. The third-order valence-corrected chi connectivity index (χ3v) is 4.60. The second-order valence-electron chi connectivity index (χ2n) is 7.33. The molecule has 1 aromatic rings. The van der Waals surface area contributed by atoms with Gasteiger partial charge in [-0.15, -0.1) is 0 Å². The molecular formula is C18H26BN3O4. The Kier molecular flexibility index (Phi) is 5.78. The molecule has 140 valence electrons. The first-order chi connectivity index (χ1) is 12.0. The van der Waals surface area contributed by atoms with Gasteiger partial charge in [0.1, 0.15) is 0 Å². The van der Waals surface area contributed by atoms with Crippen molar-refractivity contribution in [2.45, 2.75) is 45.8 Å². The number of carbonyl (C=O) groups excluding carboxylic acids is 2. The highest BCUT2D eigenvalue weighted by atomic mass is 16.7. The molecule has 0 aliphatic carbocycles. The van der Waals surface area contributed by atoms with Gasteiger partial charge in [-0.3, -0.25) is 4.79 Å². The number of benzene rings is 1. The highest BCUT2D eigenvalue weighted by Crippen LogP contribution is 2.38. The Morgan fingerprint density at radius 2 is 1.81 bits per heavy atom. The number of rotatable bonds is 5. The summed E-state index contributed by atoms with van der Waals surface area (Å²) in [6, 6.07) is 6.58. The number of hydrogen-bond donors (Lipinski definition) is 3. The zero-order valence-corrected chi connectivity index (χ0v) is 15.9. The highest BCUT2D eigenvalue weighted by Gasteiger charge is 2.52. The van der Waals surface area contributed by atoms with Crippen molar-refractivity contribution in [2.24, 2.45) is 5.73 Å². The largest absolute Gasteiger partial charge is 0.492 e. The van der Waals surface area contributed by atoms with E-state index in [0.717, 1.165) is 11.0 Å². The predicted molar refractivity (Wildman–Crippen MR) is 102 cm³/mol. The minimum atomic E-state index is -0.629. The lowest BCUT2D eigenvalue weighted by molar-refractivity contribution is -0.118. The SMILES string of the molecule is CC(=O)NCC(=Cc1cccc(NC(N)=O)c1)B1OC(C)(C)C(C)(C)O1. The van der Waals surface area contributed by atoms with Crippen LogP contribution in [0.1, 0.15) is 40.2 Å². The summed E-state index contributed by atoms with van der Waals surface area (Å²) in [6.07, 6.45) is 1.88. The Labute approximate surface area is 154 Å². The number of nitrogens with one attached hydrogen (secondary N) is 2. The van der Waals surface area contributed by atoms with E-state index in [2.05, 4.69) is 10.6 Å². The molecule has 0 aromatic heterocycles. The van der Waals surface area contributed by atoms with Gasteiger partial charge in [-0.1, -0.05) is 18.2 Å². The summed E-state index contributed by atoms with van der Waals surface area (Å²) in [5, 5.41) is 5.33. The van der Waals surface area contributed by atoms with E-state index >= 15 is 0 Å². The molecule has 0 bridgehead atoms. The van der Waals surface area contributed by atoms with E-state index in [1.165, 1.54) is 6.92 Å². The van der Waals surface area contributed by atoms with Crippen molar-refractivity contribution in [1.29, 1.82) is 0 Å². The number of primary amides is 1. The van der Waals surface area contributed by atoms with Crippen molar-refractivity contribution < 1.29 is 18.9 Å². The molecule has 1 fully saturated rings. The second-order valence-corrected chi connectivity index (χ2v) is 7.33. The van der Waals surface area contributed by atoms with E-state index in [-0.39, 0.29) is 5.91 Å². The van der Waals surface area contributed by atoms with Crippen molar-refractivity contribution >= 4 is 30.8 Å². The average Bonchev–Trinajstić information content (AvgIpc) is 2.71. The molecule has 8 heteroatoms. The fraction of sp³-hybridized carbons (Fsp3) is 0.444. The Bertz CT molecular complexity index is 715. The third kappa shape index (κ3) is 4.86. The lowest BCUT2D eigenvalue weighted by Gasteiger charge is -2.32. The summed E-state index contributed by atoms with van der Waals surface area (Å²) >= 11 is 0. The summed E-state index contributed by atoms with van der Waals surface area (Å²) < 4.78 is 12.2. The number of hydrogen-bond acceptors (Lipinski definition) is 4. The van der Waals surface area contributed by atoms with Crippen molar-refractivity contribution in [3.05, 3.63) is 35.3 Å². The summed E-state index contributed by atoms with van der Waals surface area (Å²) in [6.45, 7) is 9.64. The number of nitrogens with two attached hydrogens (primary N) is 1. The number of urea groups is 1. The molecular weight excluding hydrogens is 333 g/mol. The standard InChI is InChI=1S/C18H26BN3O4/c1-12(23)21-11-14(19-25-17(2,3)18(4,5)26-19)9-13-7-6-8-15(10-13)22-16(20)24/h6-10H,11H2,1-5H3,(H,21,23)(H3,20,22,24). The summed E-state index contributed by atoms with van der Waals surface area (Å²) in [5.74, 6) is -0.142. The fourth-order valence-electron chi connectivity index (χ4n) is 2.49. The number of anilines is 1. The quantitative estimate of drug-likeness (QED) is 0.702. The van der Waals surface area contributed by atoms with Gasteiger partial charge in [0.05, 0.1) is 11.2 Å². The van der Waals surface area contributed by atoms with Gasteiger partial charge in [-0.05, 0) is 50.9 Å². The van der Waals surface area contributed by atoms with Crippen molar-refractivity contribution in [1.82, 2.24) is 5.32 Å². The van der Waals surface area contributed by atoms with Crippen LogP contribution >= 0.6 is 0 Å². The monoisotopic (exact) mass is 359 g/mol. The zero-order chi connectivity index (χ0) is 19.5. The molecule has 1 aromatic carbocycles. The average molecular weight is 359 g/mol. The maximum Gasteiger partial charge on any atom is 0.492 e. The normalized spacial score (nSPS) is 18.5. The molecule has 4 N–H and O–H groups in total. The molecule has 7 nitrogen and oxygen atoms in total. The van der Waals surface area contributed by atoms with E-state index in [0.29, 0.717) is 12.2 Å². The van der Waals surface area contributed by atoms with Crippen LogP contribution in [-0.2, 0) is 14.1 Å². The first kappa shape index (κ1) is 20.0. The third-order valence-electron chi connectivity index (χ3n) is 4.60. The number of amides is 3. The van der Waals surface area contributed by atoms with E-state index in [1.54, 1.807) is 18.2 Å². The molecule has 1 saturated heterocycles. The van der Waals surface area contributed by atoms with Crippen LogP contribution in [0.25, 0.3) is 6.08 Å². The van der Waals surface area contributed by atoms with Gasteiger partial charge >= 0.3 is 13.1 Å². The van der Waals surface area contributed by atoms with Gasteiger partial charge in [-0.2, -0.15) is 0 Å². The molecule has 0 atom stereocenters. The second kappa shape index (κ2) is 7.51. The Morgan fingerprint density at radius 3 is 2.35 bits per heavy atom. The first-order valence-corrected chi connectivity index (χ1v) is 8.47. The van der Waals surface area contributed by atoms with Gasteiger partial charge in [0.2, 0.25) is 5.91 Å².